The number of hydrogen-bond donors (Lipinski definition) is 2. The van der Waals surface area contributed by atoms with Gasteiger partial charge in [0.1, 0.15) is 0 Å². The van der Waals surface area contributed by atoms with E-state index in [1.54, 1.807) is 6.07 Å². The summed E-state index contributed by atoms with van der Waals surface area (Å²) in [6, 6.07) is 21.7. The minimum absolute atomic E-state index is 0.0778. The van der Waals surface area contributed by atoms with Gasteiger partial charge in [-0.1, -0.05) is 42.5 Å². The number of carbonyl (C=O) groups excluding carboxylic acids is 2. The molecule has 8 nitrogen and oxygen atoms in total. The molecule has 0 spiro atoms. The lowest BCUT2D eigenvalue weighted by molar-refractivity contribution is -0.384. The Morgan fingerprint density at radius 3 is 2.49 bits per heavy atom. The van der Waals surface area contributed by atoms with Gasteiger partial charge in [-0.3, -0.25) is 19.7 Å². The van der Waals surface area contributed by atoms with Gasteiger partial charge in [-0.15, -0.1) is 0 Å². The van der Waals surface area contributed by atoms with Crippen LogP contribution in [0.4, 0.5) is 17.1 Å². The van der Waals surface area contributed by atoms with E-state index in [1.807, 2.05) is 59.5 Å². The van der Waals surface area contributed by atoms with Crippen molar-refractivity contribution in [3.63, 3.8) is 0 Å². The summed E-state index contributed by atoms with van der Waals surface area (Å²) in [6.45, 7) is 1.54. The molecule has 2 amide bonds. The highest BCUT2D eigenvalue weighted by Gasteiger charge is 2.30. The summed E-state index contributed by atoms with van der Waals surface area (Å²) in [5, 5.41) is 17.5. The van der Waals surface area contributed by atoms with Crippen molar-refractivity contribution >= 4 is 40.1 Å². The average Bonchev–Trinajstić information content (AvgIpc) is 3.43. The molecule has 1 saturated heterocycles. The number of nitrogens with zero attached hydrogens (tertiary/aromatic N) is 2. The van der Waals surface area contributed by atoms with Crippen molar-refractivity contribution in [3.8, 4) is 0 Å². The standard InChI is InChI=1S/C27H24N4O4/c32-24-7-4-15-30(24)16-14-18-8-10-20(11-9-18)28-26(19-5-2-1-3-6-19)25-22-17-21(31(34)35)12-13-23(22)29-27(25)33/h1-3,5-6,8-13,17,28H,4,7,14-16H2,(H,29,33). The van der Waals surface area contributed by atoms with Crippen molar-refractivity contribution < 1.29 is 14.5 Å². The number of hydrogen-bond acceptors (Lipinski definition) is 5. The first-order valence-electron chi connectivity index (χ1n) is 11.5. The molecule has 2 aliphatic heterocycles. The van der Waals surface area contributed by atoms with Crippen molar-refractivity contribution in [2.24, 2.45) is 0 Å². The number of non-ortho nitro benzene ring substituents is 1. The van der Waals surface area contributed by atoms with Crippen LogP contribution in [0.15, 0.2) is 72.8 Å². The molecule has 3 aromatic rings. The predicted octanol–water partition coefficient (Wildman–Crippen LogP) is 4.69. The van der Waals surface area contributed by atoms with Crippen molar-refractivity contribution in [2.75, 3.05) is 23.7 Å². The van der Waals surface area contributed by atoms with E-state index in [1.165, 1.54) is 12.1 Å². The van der Waals surface area contributed by atoms with E-state index in [0.29, 0.717) is 35.5 Å². The predicted molar refractivity (Wildman–Crippen MR) is 135 cm³/mol. The second kappa shape index (κ2) is 9.42. The van der Waals surface area contributed by atoms with Crippen molar-refractivity contribution in [1.29, 1.82) is 0 Å². The van der Waals surface area contributed by atoms with Crippen molar-refractivity contribution in [3.05, 3.63) is 99.6 Å². The second-order valence-electron chi connectivity index (χ2n) is 8.61. The third-order valence-electron chi connectivity index (χ3n) is 6.34. The Morgan fingerprint density at radius 1 is 1.03 bits per heavy atom. The highest BCUT2D eigenvalue weighted by Crippen LogP contribution is 2.39. The number of rotatable bonds is 7. The molecule has 0 bridgehead atoms. The number of fused-ring (bicyclic) bond motifs is 1. The normalized spacial score (nSPS) is 16.2. The lowest BCUT2D eigenvalue weighted by Gasteiger charge is -2.16. The Kier molecular flexibility index (Phi) is 6.01. The smallest absolute Gasteiger partial charge is 0.270 e. The molecule has 0 aromatic heterocycles. The number of likely N-dealkylation sites (tertiary alicyclic amines) is 1. The van der Waals surface area contributed by atoms with Crippen LogP contribution in [-0.4, -0.2) is 34.7 Å². The molecule has 8 heteroatoms. The van der Waals surface area contributed by atoms with E-state index in [9.17, 15) is 19.7 Å². The molecule has 0 saturated carbocycles. The van der Waals surface area contributed by atoms with Crippen LogP contribution in [-0.2, 0) is 16.0 Å². The number of benzene rings is 3. The molecule has 3 aromatic carbocycles. The first-order chi connectivity index (χ1) is 17.0. The van der Waals surface area contributed by atoms with Crippen LogP contribution in [0.2, 0.25) is 0 Å². The van der Waals surface area contributed by atoms with Gasteiger partial charge in [0, 0.05) is 48.6 Å². The summed E-state index contributed by atoms with van der Waals surface area (Å²) in [5.74, 6) is -0.100. The summed E-state index contributed by atoms with van der Waals surface area (Å²) in [4.78, 5) is 37.6. The van der Waals surface area contributed by atoms with Gasteiger partial charge in [0.15, 0.2) is 0 Å². The van der Waals surface area contributed by atoms with Crippen LogP contribution < -0.4 is 10.6 Å². The van der Waals surface area contributed by atoms with E-state index >= 15 is 0 Å². The number of nitro benzene ring substituents is 1. The fourth-order valence-corrected chi connectivity index (χ4v) is 4.50. The molecular formula is C27H24N4O4. The van der Waals surface area contributed by atoms with Crippen LogP contribution in [0, 0.1) is 10.1 Å². The molecule has 0 unspecified atom stereocenters. The Hall–Kier alpha value is -4.46. The summed E-state index contributed by atoms with van der Waals surface area (Å²) < 4.78 is 0. The minimum Gasteiger partial charge on any atom is -0.354 e. The number of nitro groups is 1. The third kappa shape index (κ3) is 4.63. The molecule has 2 aliphatic rings. The van der Waals surface area contributed by atoms with Gasteiger partial charge in [0.2, 0.25) is 5.91 Å². The fourth-order valence-electron chi connectivity index (χ4n) is 4.50. The number of carbonyl (C=O) groups is 2. The van der Waals surface area contributed by atoms with Gasteiger partial charge in [-0.05, 0) is 42.2 Å². The van der Waals surface area contributed by atoms with Gasteiger partial charge < -0.3 is 15.5 Å². The van der Waals surface area contributed by atoms with Crippen molar-refractivity contribution in [2.45, 2.75) is 19.3 Å². The van der Waals surface area contributed by atoms with Crippen LogP contribution in [0.5, 0.6) is 0 Å². The molecule has 2 heterocycles. The van der Waals surface area contributed by atoms with E-state index in [-0.39, 0.29) is 17.5 Å². The number of nitrogens with one attached hydrogen (secondary N) is 2. The first-order valence-corrected chi connectivity index (χ1v) is 11.5. The number of anilines is 2. The zero-order valence-electron chi connectivity index (χ0n) is 19.0. The summed E-state index contributed by atoms with van der Waals surface area (Å²) >= 11 is 0. The zero-order valence-corrected chi connectivity index (χ0v) is 19.0. The molecule has 0 radical (unpaired) electrons. The van der Waals surface area contributed by atoms with Gasteiger partial charge in [0.25, 0.3) is 11.6 Å². The molecule has 0 aliphatic carbocycles. The van der Waals surface area contributed by atoms with E-state index in [2.05, 4.69) is 10.6 Å². The lowest BCUT2D eigenvalue weighted by atomic mass is 9.99. The third-order valence-corrected chi connectivity index (χ3v) is 6.34. The monoisotopic (exact) mass is 468 g/mol. The Morgan fingerprint density at radius 2 is 1.80 bits per heavy atom. The van der Waals surface area contributed by atoms with Crippen LogP contribution in [0.25, 0.3) is 11.3 Å². The number of amides is 2. The highest BCUT2D eigenvalue weighted by molar-refractivity contribution is 6.37. The molecule has 35 heavy (non-hydrogen) atoms. The lowest BCUT2D eigenvalue weighted by Crippen LogP contribution is -2.26. The van der Waals surface area contributed by atoms with Crippen molar-refractivity contribution in [1.82, 2.24) is 4.90 Å². The second-order valence-corrected chi connectivity index (χ2v) is 8.61. The molecule has 1 fully saturated rings. The topological polar surface area (TPSA) is 105 Å². The summed E-state index contributed by atoms with van der Waals surface area (Å²) in [7, 11) is 0. The Labute approximate surface area is 202 Å². The Balaban J connectivity index is 1.46. The largest absolute Gasteiger partial charge is 0.354 e. The van der Waals surface area contributed by atoms with Gasteiger partial charge in [-0.2, -0.15) is 0 Å². The summed E-state index contributed by atoms with van der Waals surface area (Å²) in [5.41, 5.74) is 4.55. The average molecular weight is 469 g/mol. The van der Waals surface area contributed by atoms with Crippen LogP contribution in [0.1, 0.15) is 29.5 Å². The quantitative estimate of drug-likeness (QED) is 0.297. The first kappa shape index (κ1) is 22.3. The van der Waals surface area contributed by atoms with E-state index in [4.69, 9.17) is 0 Å². The van der Waals surface area contributed by atoms with Gasteiger partial charge in [-0.25, -0.2) is 0 Å². The molecule has 2 N–H and O–H groups in total. The van der Waals surface area contributed by atoms with Crippen LogP contribution >= 0.6 is 0 Å². The molecule has 5 rings (SSSR count). The summed E-state index contributed by atoms with van der Waals surface area (Å²) in [6.07, 6.45) is 2.34. The maximum absolute atomic E-state index is 13.0. The van der Waals surface area contributed by atoms with Crippen LogP contribution in [0.3, 0.4) is 0 Å². The molecular weight excluding hydrogens is 444 g/mol. The molecule has 0 atom stereocenters. The maximum Gasteiger partial charge on any atom is 0.270 e. The fraction of sp³-hybridized carbons (Fsp3) is 0.185. The SMILES string of the molecule is O=C1Nc2ccc([N+](=O)[O-])cc2C1=C(Nc1ccc(CCN2CCCC2=O)cc1)c1ccccc1. The van der Waals surface area contributed by atoms with E-state index in [0.717, 1.165) is 36.2 Å². The highest BCUT2D eigenvalue weighted by atomic mass is 16.6. The molecule has 176 valence electrons. The van der Waals surface area contributed by atoms with E-state index < -0.39 is 4.92 Å². The zero-order chi connectivity index (χ0) is 24.4. The van der Waals surface area contributed by atoms with Gasteiger partial charge in [0.05, 0.1) is 16.2 Å². The maximum atomic E-state index is 13.0. The Bertz CT molecular complexity index is 1330. The van der Waals surface area contributed by atoms with Gasteiger partial charge >= 0.3 is 0 Å². The minimum atomic E-state index is -0.468.